The van der Waals surface area contributed by atoms with Crippen LogP contribution in [-0.2, 0) is 11.2 Å². The van der Waals surface area contributed by atoms with Crippen LogP contribution in [0, 0.1) is 0 Å². The van der Waals surface area contributed by atoms with Crippen molar-refractivity contribution in [2.45, 2.75) is 12.3 Å². The van der Waals surface area contributed by atoms with Crippen molar-refractivity contribution in [1.82, 2.24) is 20.0 Å². The number of benzene rings is 1. The molecular formula is C19H16N4O2S. The molecule has 0 unspecified atom stereocenters. The molecule has 1 amide bonds. The third kappa shape index (κ3) is 2.61. The Kier molecular flexibility index (Phi) is 3.60. The lowest BCUT2D eigenvalue weighted by Gasteiger charge is -2.37. The van der Waals surface area contributed by atoms with Crippen LogP contribution in [0.5, 0.6) is 0 Å². The summed E-state index contributed by atoms with van der Waals surface area (Å²) in [6, 6.07) is 10.0. The number of thiophene rings is 1. The molecule has 0 spiro atoms. The van der Waals surface area contributed by atoms with E-state index in [4.69, 9.17) is 4.52 Å². The highest BCUT2D eigenvalue weighted by Gasteiger charge is 2.35. The minimum absolute atomic E-state index is 0.127. The van der Waals surface area contributed by atoms with E-state index in [1.54, 1.807) is 11.3 Å². The van der Waals surface area contributed by atoms with E-state index in [1.807, 2.05) is 52.2 Å². The number of hydrogen-bond acceptors (Lipinski definition) is 5. The summed E-state index contributed by atoms with van der Waals surface area (Å²) in [5, 5.41) is 9.12. The van der Waals surface area contributed by atoms with Crippen molar-refractivity contribution < 1.29 is 9.32 Å². The van der Waals surface area contributed by atoms with Crippen molar-refractivity contribution in [3.63, 3.8) is 0 Å². The lowest BCUT2D eigenvalue weighted by molar-refractivity contribution is -0.135. The van der Waals surface area contributed by atoms with Gasteiger partial charge in [-0.05, 0) is 23.1 Å². The smallest absolute Gasteiger partial charge is 0.233 e. The minimum atomic E-state index is 0.127. The second-order valence-corrected chi connectivity index (χ2v) is 7.28. The molecule has 0 saturated carbocycles. The molecule has 130 valence electrons. The average molecular weight is 364 g/mol. The number of H-pyrrole nitrogens is 1. The zero-order valence-corrected chi connectivity index (χ0v) is 14.7. The molecular weight excluding hydrogens is 348 g/mol. The van der Waals surface area contributed by atoms with E-state index in [1.165, 1.54) is 0 Å². The Morgan fingerprint density at radius 1 is 1.31 bits per heavy atom. The fourth-order valence-corrected chi connectivity index (χ4v) is 3.94. The first-order valence-electron chi connectivity index (χ1n) is 8.47. The fraction of sp³-hybridized carbons (Fsp3) is 0.211. The summed E-state index contributed by atoms with van der Waals surface area (Å²) < 4.78 is 5.38. The van der Waals surface area contributed by atoms with Gasteiger partial charge >= 0.3 is 0 Å². The number of rotatable bonds is 4. The molecule has 0 aliphatic carbocycles. The summed E-state index contributed by atoms with van der Waals surface area (Å²) in [6.45, 7) is 1.26. The van der Waals surface area contributed by atoms with Crippen LogP contribution in [0.2, 0.25) is 0 Å². The summed E-state index contributed by atoms with van der Waals surface area (Å²) in [7, 11) is 0. The van der Waals surface area contributed by atoms with Gasteiger partial charge in [-0.15, -0.1) is 0 Å². The molecule has 0 atom stereocenters. The van der Waals surface area contributed by atoms with E-state index in [2.05, 4.69) is 15.1 Å². The first-order chi connectivity index (χ1) is 12.8. The summed E-state index contributed by atoms with van der Waals surface area (Å²) in [5.41, 5.74) is 3.06. The minimum Gasteiger partial charge on any atom is -0.361 e. The van der Waals surface area contributed by atoms with E-state index < -0.39 is 0 Å². The fourth-order valence-electron chi connectivity index (χ4n) is 3.30. The molecule has 3 aromatic heterocycles. The molecule has 0 radical (unpaired) electrons. The maximum absolute atomic E-state index is 12.6. The number of aromatic amines is 1. The van der Waals surface area contributed by atoms with Crippen molar-refractivity contribution in [2.24, 2.45) is 0 Å². The van der Waals surface area contributed by atoms with E-state index in [9.17, 15) is 4.79 Å². The van der Waals surface area contributed by atoms with Crippen LogP contribution in [0.15, 0.2) is 51.8 Å². The molecule has 1 aliphatic heterocycles. The molecule has 26 heavy (non-hydrogen) atoms. The van der Waals surface area contributed by atoms with E-state index in [0.29, 0.717) is 31.2 Å². The second kappa shape index (κ2) is 6.10. The number of nitrogens with zero attached hydrogens (tertiary/aromatic N) is 3. The Morgan fingerprint density at radius 2 is 2.19 bits per heavy atom. The average Bonchev–Trinajstić information content (AvgIpc) is 3.34. The van der Waals surface area contributed by atoms with E-state index in [-0.39, 0.29) is 11.8 Å². The first-order valence-corrected chi connectivity index (χ1v) is 9.41. The Morgan fingerprint density at radius 3 is 3.04 bits per heavy atom. The number of hydrogen-bond donors (Lipinski definition) is 1. The van der Waals surface area contributed by atoms with Gasteiger partial charge in [0.15, 0.2) is 0 Å². The SMILES string of the molecule is O=C(Cc1c[nH]c2ccccc12)N1CC(c2nc(-c3ccsc3)no2)C1. The van der Waals surface area contributed by atoms with E-state index in [0.717, 1.165) is 22.0 Å². The lowest BCUT2D eigenvalue weighted by atomic mass is 9.98. The molecule has 0 bridgehead atoms. The maximum atomic E-state index is 12.6. The zero-order valence-electron chi connectivity index (χ0n) is 13.9. The number of nitrogens with one attached hydrogen (secondary N) is 1. The summed E-state index contributed by atoms with van der Waals surface area (Å²) >= 11 is 1.60. The van der Waals surface area contributed by atoms with Gasteiger partial charge in [-0.25, -0.2) is 0 Å². The maximum Gasteiger partial charge on any atom is 0.233 e. The highest BCUT2D eigenvalue weighted by molar-refractivity contribution is 7.08. The van der Waals surface area contributed by atoms with Crippen LogP contribution >= 0.6 is 11.3 Å². The van der Waals surface area contributed by atoms with Gasteiger partial charge in [0.1, 0.15) is 0 Å². The Bertz CT molecular complexity index is 1060. The Hall–Kier alpha value is -2.93. The molecule has 1 saturated heterocycles. The van der Waals surface area contributed by atoms with Gasteiger partial charge < -0.3 is 14.4 Å². The van der Waals surface area contributed by atoms with Crippen molar-refractivity contribution in [2.75, 3.05) is 13.1 Å². The van der Waals surface area contributed by atoms with Gasteiger partial charge in [-0.3, -0.25) is 4.79 Å². The number of fused-ring (bicyclic) bond motifs is 1. The molecule has 6 nitrogen and oxygen atoms in total. The number of likely N-dealkylation sites (tertiary alicyclic amines) is 1. The van der Waals surface area contributed by atoms with Gasteiger partial charge in [-0.2, -0.15) is 16.3 Å². The summed E-state index contributed by atoms with van der Waals surface area (Å²) in [4.78, 5) is 22.1. The number of carbonyl (C=O) groups is 1. The first kappa shape index (κ1) is 15.3. The third-order valence-electron chi connectivity index (χ3n) is 4.82. The molecule has 1 N–H and O–H groups in total. The number of aromatic nitrogens is 3. The predicted octanol–water partition coefficient (Wildman–Crippen LogP) is 3.45. The molecule has 1 aliphatic rings. The molecule has 5 rings (SSSR count). The number of para-hydroxylation sites is 1. The van der Waals surface area contributed by atoms with E-state index >= 15 is 0 Å². The highest BCUT2D eigenvalue weighted by atomic mass is 32.1. The molecule has 4 heterocycles. The van der Waals surface area contributed by atoms with Crippen LogP contribution < -0.4 is 0 Å². The van der Waals surface area contributed by atoms with Crippen LogP contribution in [0.25, 0.3) is 22.3 Å². The Labute approximate surface area is 153 Å². The predicted molar refractivity (Wildman–Crippen MR) is 98.9 cm³/mol. The van der Waals surface area contributed by atoms with Crippen LogP contribution in [-0.4, -0.2) is 39.0 Å². The van der Waals surface area contributed by atoms with Gasteiger partial charge in [0.25, 0.3) is 0 Å². The Balaban J connectivity index is 1.23. The quantitative estimate of drug-likeness (QED) is 0.602. The van der Waals surface area contributed by atoms with Crippen LogP contribution in [0.4, 0.5) is 0 Å². The monoisotopic (exact) mass is 364 g/mol. The molecule has 1 fully saturated rings. The number of carbonyl (C=O) groups excluding carboxylic acids is 1. The normalized spacial score (nSPS) is 14.7. The summed E-state index contributed by atoms with van der Waals surface area (Å²) in [6.07, 6.45) is 2.33. The van der Waals surface area contributed by atoms with Crippen LogP contribution in [0.3, 0.4) is 0 Å². The van der Waals surface area contributed by atoms with Crippen LogP contribution in [0.1, 0.15) is 17.4 Å². The topological polar surface area (TPSA) is 75.0 Å². The second-order valence-electron chi connectivity index (χ2n) is 6.50. The van der Waals surface area contributed by atoms with Gasteiger partial charge in [0.2, 0.25) is 17.6 Å². The van der Waals surface area contributed by atoms with Crippen molar-refractivity contribution in [3.8, 4) is 11.4 Å². The zero-order chi connectivity index (χ0) is 17.5. The number of amides is 1. The third-order valence-corrected chi connectivity index (χ3v) is 5.50. The lowest BCUT2D eigenvalue weighted by Crippen LogP contribution is -2.49. The van der Waals surface area contributed by atoms with Crippen molar-refractivity contribution >= 4 is 28.1 Å². The molecule has 7 heteroatoms. The van der Waals surface area contributed by atoms with Gasteiger partial charge in [0, 0.05) is 41.1 Å². The van der Waals surface area contributed by atoms with Gasteiger partial charge in [-0.1, -0.05) is 23.4 Å². The standard InChI is InChI=1S/C19H16N4O2S/c24-17(7-13-8-20-16-4-2-1-3-15(13)16)23-9-14(10-23)19-21-18(22-25-19)12-5-6-26-11-12/h1-6,8,11,14,20H,7,9-10H2. The van der Waals surface area contributed by atoms with Crippen molar-refractivity contribution in [3.05, 3.63) is 58.7 Å². The highest BCUT2D eigenvalue weighted by Crippen LogP contribution is 2.29. The summed E-state index contributed by atoms with van der Waals surface area (Å²) in [5.74, 6) is 1.48. The van der Waals surface area contributed by atoms with Crippen molar-refractivity contribution in [1.29, 1.82) is 0 Å². The largest absolute Gasteiger partial charge is 0.361 e. The van der Waals surface area contributed by atoms with Gasteiger partial charge in [0.05, 0.1) is 12.3 Å². The molecule has 1 aromatic carbocycles. The molecule has 4 aromatic rings.